The average Bonchev–Trinajstić information content (AvgIpc) is 2.37. The van der Waals surface area contributed by atoms with Gasteiger partial charge in [0.1, 0.15) is 5.75 Å². The van der Waals surface area contributed by atoms with E-state index in [0.29, 0.717) is 0 Å². The number of alkyl halides is 3. The first-order valence-electron chi connectivity index (χ1n) is 5.86. The van der Waals surface area contributed by atoms with Gasteiger partial charge in [0.05, 0.1) is 18.1 Å². The van der Waals surface area contributed by atoms with Gasteiger partial charge in [-0.1, -0.05) is 15.9 Å². The molecule has 0 heterocycles. The highest BCUT2D eigenvalue weighted by Crippen LogP contribution is 2.44. The maximum absolute atomic E-state index is 12.9. The van der Waals surface area contributed by atoms with Crippen LogP contribution in [0.15, 0.2) is 16.6 Å². The SMILES string of the molecule is COC(=O)C(C)(C)[C@@H](N)c1cc(Br)cc(C(F)(F)F)c1O. The zero-order valence-corrected chi connectivity index (χ0v) is 13.2. The van der Waals surface area contributed by atoms with Crippen LogP contribution in [-0.4, -0.2) is 18.2 Å². The third-order valence-corrected chi connectivity index (χ3v) is 3.69. The molecule has 0 aromatic heterocycles. The Balaban J connectivity index is 3.44. The fourth-order valence-electron chi connectivity index (χ4n) is 1.85. The maximum Gasteiger partial charge on any atom is 0.420 e. The van der Waals surface area contributed by atoms with Crippen LogP contribution in [0.5, 0.6) is 5.75 Å². The molecule has 1 atom stereocenters. The summed E-state index contributed by atoms with van der Waals surface area (Å²) in [6.45, 7) is 2.86. The fourth-order valence-corrected chi connectivity index (χ4v) is 2.33. The van der Waals surface area contributed by atoms with Crippen molar-refractivity contribution < 1.29 is 27.8 Å². The molecule has 0 aliphatic heterocycles. The first-order chi connectivity index (χ1) is 9.42. The van der Waals surface area contributed by atoms with E-state index in [0.717, 1.165) is 13.2 Å². The van der Waals surface area contributed by atoms with E-state index >= 15 is 0 Å². The van der Waals surface area contributed by atoms with Crippen LogP contribution < -0.4 is 5.73 Å². The van der Waals surface area contributed by atoms with Crippen LogP contribution in [0.25, 0.3) is 0 Å². The Morgan fingerprint density at radius 2 is 1.90 bits per heavy atom. The van der Waals surface area contributed by atoms with Crippen molar-refractivity contribution in [3.05, 3.63) is 27.7 Å². The molecule has 118 valence electrons. The van der Waals surface area contributed by atoms with Gasteiger partial charge in [0.15, 0.2) is 0 Å². The van der Waals surface area contributed by atoms with Gasteiger partial charge in [-0.2, -0.15) is 13.2 Å². The quantitative estimate of drug-likeness (QED) is 0.801. The van der Waals surface area contributed by atoms with Gasteiger partial charge in [-0.3, -0.25) is 4.79 Å². The van der Waals surface area contributed by atoms with E-state index < -0.39 is 34.9 Å². The lowest BCUT2D eigenvalue weighted by molar-refractivity contribution is -0.152. The monoisotopic (exact) mass is 369 g/mol. The fraction of sp³-hybridized carbons (Fsp3) is 0.462. The minimum absolute atomic E-state index is 0.0961. The third-order valence-electron chi connectivity index (χ3n) is 3.23. The average molecular weight is 370 g/mol. The first-order valence-corrected chi connectivity index (χ1v) is 6.65. The number of hydrogen-bond acceptors (Lipinski definition) is 4. The summed E-state index contributed by atoms with van der Waals surface area (Å²) in [5.74, 6) is -1.68. The lowest BCUT2D eigenvalue weighted by Gasteiger charge is -2.30. The minimum atomic E-state index is -4.74. The molecule has 0 amide bonds. The Morgan fingerprint density at radius 3 is 2.33 bits per heavy atom. The van der Waals surface area contributed by atoms with Crippen molar-refractivity contribution in [2.24, 2.45) is 11.1 Å². The number of hydrogen-bond donors (Lipinski definition) is 2. The number of benzene rings is 1. The Hall–Kier alpha value is -1.28. The van der Waals surface area contributed by atoms with Crippen molar-refractivity contribution in [1.29, 1.82) is 0 Å². The van der Waals surface area contributed by atoms with Crippen LogP contribution in [-0.2, 0) is 15.7 Å². The molecule has 3 N–H and O–H groups in total. The van der Waals surface area contributed by atoms with Gasteiger partial charge in [-0.15, -0.1) is 0 Å². The first kappa shape index (κ1) is 17.8. The molecule has 0 saturated carbocycles. The number of methoxy groups -OCH3 is 1. The van der Waals surface area contributed by atoms with E-state index in [-0.39, 0.29) is 10.0 Å². The van der Waals surface area contributed by atoms with Gasteiger partial charge in [-0.05, 0) is 26.0 Å². The predicted octanol–water partition coefficient (Wildman–Crippen LogP) is 3.37. The van der Waals surface area contributed by atoms with Crippen molar-refractivity contribution in [2.75, 3.05) is 7.11 Å². The van der Waals surface area contributed by atoms with Crippen LogP contribution >= 0.6 is 15.9 Å². The van der Waals surface area contributed by atoms with Gasteiger partial charge >= 0.3 is 12.1 Å². The highest BCUT2D eigenvalue weighted by molar-refractivity contribution is 9.10. The molecule has 0 unspecified atom stereocenters. The Morgan fingerprint density at radius 1 is 1.38 bits per heavy atom. The summed E-state index contributed by atoms with van der Waals surface area (Å²) in [5, 5.41) is 9.86. The summed E-state index contributed by atoms with van der Waals surface area (Å²) in [7, 11) is 1.15. The number of halogens is 4. The molecular formula is C13H15BrF3NO3. The largest absolute Gasteiger partial charge is 0.507 e. The van der Waals surface area contributed by atoms with Crippen LogP contribution in [0.2, 0.25) is 0 Å². The highest BCUT2D eigenvalue weighted by Gasteiger charge is 2.41. The molecule has 1 aromatic carbocycles. The summed E-state index contributed by atoms with van der Waals surface area (Å²) in [5.41, 5.74) is 3.17. The Kier molecular flexibility index (Phi) is 4.94. The topological polar surface area (TPSA) is 72.5 Å². The third kappa shape index (κ3) is 3.49. The molecule has 0 spiro atoms. The van der Waals surface area contributed by atoms with E-state index in [9.17, 15) is 23.1 Å². The standard InChI is InChI=1S/C13H15BrF3NO3/c1-12(2,11(20)21-3)10(18)7-4-6(14)5-8(9(7)19)13(15,16)17/h4-5,10,19H,18H2,1-3H3/t10-/m0/s1. The molecule has 0 saturated heterocycles. The zero-order chi connectivity index (χ0) is 16.6. The number of esters is 1. The van der Waals surface area contributed by atoms with Crippen molar-refractivity contribution >= 4 is 21.9 Å². The van der Waals surface area contributed by atoms with Crippen molar-refractivity contribution in [3.63, 3.8) is 0 Å². The summed E-state index contributed by atoms with van der Waals surface area (Å²) in [6, 6.07) is 0.819. The molecule has 0 fully saturated rings. The van der Waals surface area contributed by atoms with E-state index in [2.05, 4.69) is 20.7 Å². The molecule has 1 aromatic rings. The lowest BCUT2D eigenvalue weighted by atomic mass is 9.80. The lowest BCUT2D eigenvalue weighted by Crippen LogP contribution is -2.37. The number of phenols is 1. The minimum Gasteiger partial charge on any atom is -0.507 e. The summed E-state index contributed by atoms with van der Waals surface area (Å²) in [4.78, 5) is 11.7. The van der Waals surface area contributed by atoms with Gasteiger partial charge in [0.25, 0.3) is 0 Å². The number of nitrogens with two attached hydrogens (primary N) is 1. The number of carbonyl (C=O) groups is 1. The summed E-state index contributed by atoms with van der Waals surface area (Å²) >= 11 is 2.95. The molecule has 0 aliphatic carbocycles. The van der Waals surface area contributed by atoms with Gasteiger partial charge in [0, 0.05) is 16.1 Å². The molecule has 8 heteroatoms. The van der Waals surface area contributed by atoms with Crippen molar-refractivity contribution in [2.45, 2.75) is 26.1 Å². The van der Waals surface area contributed by atoms with Gasteiger partial charge in [0.2, 0.25) is 0 Å². The highest BCUT2D eigenvalue weighted by atomic mass is 79.9. The van der Waals surface area contributed by atoms with Crippen LogP contribution in [0.3, 0.4) is 0 Å². The molecule has 4 nitrogen and oxygen atoms in total. The summed E-state index contributed by atoms with van der Waals surface area (Å²) < 4.78 is 43.3. The van der Waals surface area contributed by atoms with Crippen LogP contribution in [0.4, 0.5) is 13.2 Å². The number of aromatic hydroxyl groups is 1. The van der Waals surface area contributed by atoms with E-state index in [1.807, 2.05) is 0 Å². The van der Waals surface area contributed by atoms with Gasteiger partial charge in [-0.25, -0.2) is 0 Å². The van der Waals surface area contributed by atoms with Gasteiger partial charge < -0.3 is 15.6 Å². The molecule has 0 radical (unpaired) electrons. The molecule has 0 aliphatic rings. The number of carbonyl (C=O) groups excluding carboxylic acids is 1. The molecule has 0 bridgehead atoms. The van der Waals surface area contributed by atoms with Crippen LogP contribution in [0.1, 0.15) is 31.0 Å². The zero-order valence-electron chi connectivity index (χ0n) is 11.6. The normalized spacial score (nSPS) is 13.9. The van der Waals surface area contributed by atoms with Crippen molar-refractivity contribution in [1.82, 2.24) is 0 Å². The summed E-state index contributed by atoms with van der Waals surface area (Å²) in [6.07, 6.45) is -4.74. The Labute approximate surface area is 128 Å². The van der Waals surface area contributed by atoms with E-state index in [1.54, 1.807) is 0 Å². The molecular weight excluding hydrogens is 355 g/mol. The molecule has 21 heavy (non-hydrogen) atoms. The van der Waals surface area contributed by atoms with Crippen molar-refractivity contribution in [3.8, 4) is 5.75 Å². The number of ether oxygens (including phenoxy) is 1. The second kappa shape index (κ2) is 5.84. The Bertz CT molecular complexity index is 558. The predicted molar refractivity (Wildman–Crippen MR) is 73.5 cm³/mol. The van der Waals surface area contributed by atoms with Crippen LogP contribution in [0, 0.1) is 5.41 Å². The molecule has 1 rings (SSSR count). The maximum atomic E-state index is 12.9. The van der Waals surface area contributed by atoms with E-state index in [1.165, 1.54) is 19.9 Å². The number of rotatable bonds is 3. The number of phenolic OH excluding ortho intramolecular Hbond substituents is 1. The van der Waals surface area contributed by atoms with E-state index in [4.69, 9.17) is 5.73 Å². The second-order valence-electron chi connectivity index (χ2n) is 5.08. The smallest absolute Gasteiger partial charge is 0.420 e. The second-order valence-corrected chi connectivity index (χ2v) is 6.00.